The van der Waals surface area contributed by atoms with Gasteiger partial charge in [0.2, 0.25) is 11.5 Å². The van der Waals surface area contributed by atoms with Gasteiger partial charge in [0.05, 0.1) is 6.04 Å². The maximum atomic E-state index is 5.91. The van der Waals surface area contributed by atoms with Crippen molar-refractivity contribution in [2.24, 2.45) is 0 Å². The first kappa shape index (κ1) is 10.3. The first-order valence-electron chi connectivity index (χ1n) is 5.41. The van der Waals surface area contributed by atoms with Crippen LogP contribution >= 0.6 is 8.09 Å². The van der Waals surface area contributed by atoms with Crippen molar-refractivity contribution in [3.63, 3.8) is 0 Å². The maximum Gasteiger partial charge on any atom is 0.595 e. The van der Waals surface area contributed by atoms with Gasteiger partial charge in [-0.3, -0.25) is 9.05 Å². The lowest BCUT2D eigenvalue weighted by atomic mass is 10.2. The van der Waals surface area contributed by atoms with Gasteiger partial charge in [0.15, 0.2) is 0 Å². The summed E-state index contributed by atoms with van der Waals surface area (Å²) in [6.45, 7) is 4.17. The molecule has 0 aliphatic carbocycles. The predicted molar refractivity (Wildman–Crippen MR) is 62.4 cm³/mol. The summed E-state index contributed by atoms with van der Waals surface area (Å²) >= 11 is 0. The summed E-state index contributed by atoms with van der Waals surface area (Å²) in [4.78, 5) is 0. The fourth-order valence-electron chi connectivity index (χ4n) is 1.94. The first-order valence-corrected chi connectivity index (χ1v) is 6.91. The van der Waals surface area contributed by atoms with E-state index in [1.807, 2.05) is 38.2 Å². The lowest BCUT2D eigenvalue weighted by Crippen LogP contribution is -2.28. The minimum absolute atomic E-state index is 0.132. The van der Waals surface area contributed by atoms with Crippen LogP contribution in [0.4, 0.5) is 0 Å². The Balaban J connectivity index is 1.95. The van der Waals surface area contributed by atoms with Gasteiger partial charge in [0.1, 0.15) is 6.10 Å². The van der Waals surface area contributed by atoms with E-state index in [1.54, 1.807) is 0 Å². The smallest absolute Gasteiger partial charge is 0.259 e. The Kier molecular flexibility index (Phi) is 2.15. The van der Waals surface area contributed by atoms with E-state index in [-0.39, 0.29) is 6.10 Å². The molecule has 1 spiro atoms. The van der Waals surface area contributed by atoms with Crippen LogP contribution in [-0.2, 0) is 4.52 Å². The predicted octanol–water partition coefficient (Wildman–Crippen LogP) is 2.87. The fourth-order valence-corrected chi connectivity index (χ4v) is 4.50. The molecule has 1 fully saturated rings. The molecule has 2 unspecified atom stereocenters. The largest absolute Gasteiger partial charge is 0.595 e. The number of hydrogen-bond acceptors (Lipinski definition) is 4. The zero-order valence-electron chi connectivity index (χ0n) is 9.58. The van der Waals surface area contributed by atoms with Gasteiger partial charge in [-0.15, -0.1) is 4.52 Å². The number of hydrogen-bond donors (Lipinski definition) is 0. The third-order valence-electron chi connectivity index (χ3n) is 3.23. The van der Waals surface area contributed by atoms with E-state index in [0.717, 1.165) is 11.5 Å². The zero-order chi connectivity index (χ0) is 11.3. The van der Waals surface area contributed by atoms with Gasteiger partial charge < -0.3 is 0 Å². The summed E-state index contributed by atoms with van der Waals surface area (Å²) in [5.41, 5.74) is 0. The molecular formula is C11H15NO3P+. The number of fused-ring (bicyclic) bond motifs is 1. The Morgan fingerprint density at radius 1 is 1.12 bits per heavy atom. The van der Waals surface area contributed by atoms with Crippen LogP contribution < -0.4 is 9.05 Å². The number of nitrogens with zero attached hydrogens (tertiary/aromatic N) is 1. The third kappa shape index (κ3) is 1.27. The first-order chi connectivity index (χ1) is 7.62. The molecule has 3 rings (SSSR count). The van der Waals surface area contributed by atoms with Gasteiger partial charge in [0, 0.05) is 7.05 Å². The van der Waals surface area contributed by atoms with Crippen LogP contribution in [0.25, 0.3) is 0 Å². The molecule has 86 valence electrons. The molecule has 0 bridgehead atoms. The Morgan fingerprint density at radius 2 is 1.69 bits per heavy atom. The molecule has 2 aliphatic rings. The van der Waals surface area contributed by atoms with Crippen LogP contribution in [0.15, 0.2) is 24.3 Å². The molecule has 0 amide bonds. The van der Waals surface area contributed by atoms with Gasteiger partial charge in [0.25, 0.3) is 0 Å². The molecule has 16 heavy (non-hydrogen) atoms. The monoisotopic (exact) mass is 240 g/mol. The van der Waals surface area contributed by atoms with Crippen LogP contribution in [0.5, 0.6) is 11.5 Å². The van der Waals surface area contributed by atoms with Crippen molar-refractivity contribution in [2.45, 2.75) is 26.0 Å². The highest BCUT2D eigenvalue weighted by atomic mass is 31.2. The molecule has 5 heteroatoms. The molecule has 1 aromatic rings. The Hall–Kier alpha value is -0.830. The van der Waals surface area contributed by atoms with Crippen LogP contribution in [0.2, 0.25) is 0 Å². The second kappa shape index (κ2) is 3.33. The topological polar surface area (TPSA) is 30.9 Å². The fraction of sp³-hybridized carbons (Fsp3) is 0.455. The summed E-state index contributed by atoms with van der Waals surface area (Å²) in [5.74, 6) is 1.56. The molecule has 2 heterocycles. The molecule has 1 aromatic carbocycles. The van der Waals surface area contributed by atoms with Gasteiger partial charge in [-0.1, -0.05) is 16.8 Å². The van der Waals surface area contributed by atoms with Crippen LogP contribution in [0.1, 0.15) is 13.8 Å². The summed E-state index contributed by atoms with van der Waals surface area (Å²) in [6, 6.07) is 8.01. The minimum Gasteiger partial charge on any atom is -0.259 e. The Morgan fingerprint density at radius 3 is 2.12 bits per heavy atom. The minimum atomic E-state index is -2.35. The van der Waals surface area contributed by atoms with E-state index < -0.39 is 8.09 Å². The lowest BCUT2D eigenvalue weighted by molar-refractivity contribution is 0.209. The van der Waals surface area contributed by atoms with Crippen molar-refractivity contribution >= 4 is 8.09 Å². The second-order valence-electron chi connectivity index (χ2n) is 4.22. The van der Waals surface area contributed by atoms with Gasteiger partial charge in [-0.05, 0) is 26.0 Å². The van der Waals surface area contributed by atoms with Gasteiger partial charge in [-0.2, -0.15) is 0 Å². The number of rotatable bonds is 0. The summed E-state index contributed by atoms with van der Waals surface area (Å²) in [5, 5.41) is 0. The van der Waals surface area contributed by atoms with E-state index in [0.29, 0.717) is 6.04 Å². The van der Waals surface area contributed by atoms with Gasteiger partial charge >= 0.3 is 8.09 Å². The number of para-hydroxylation sites is 2. The molecule has 0 aromatic heterocycles. The average Bonchev–Trinajstić information content (AvgIpc) is 2.73. The molecule has 1 saturated heterocycles. The average molecular weight is 240 g/mol. The van der Waals surface area contributed by atoms with Crippen molar-refractivity contribution in [1.82, 2.24) is 4.67 Å². The zero-order valence-corrected chi connectivity index (χ0v) is 10.5. The molecule has 4 nitrogen and oxygen atoms in total. The van der Waals surface area contributed by atoms with Gasteiger partial charge in [-0.25, -0.2) is 0 Å². The highest BCUT2D eigenvalue weighted by Crippen LogP contribution is 2.73. The summed E-state index contributed by atoms with van der Waals surface area (Å²) < 4.78 is 19.8. The summed E-state index contributed by atoms with van der Waals surface area (Å²) in [7, 11) is -0.356. The van der Waals surface area contributed by atoms with E-state index >= 15 is 0 Å². The normalized spacial score (nSPS) is 31.2. The highest BCUT2D eigenvalue weighted by Gasteiger charge is 2.67. The molecule has 2 aliphatic heterocycles. The number of likely N-dealkylation sites (N-methyl/N-ethyl adjacent to an activating group) is 1. The van der Waals surface area contributed by atoms with E-state index in [2.05, 4.69) is 11.6 Å². The molecular weight excluding hydrogens is 225 g/mol. The highest BCUT2D eigenvalue weighted by molar-refractivity contribution is 7.60. The van der Waals surface area contributed by atoms with Crippen molar-refractivity contribution < 1.29 is 13.6 Å². The summed E-state index contributed by atoms with van der Waals surface area (Å²) in [6.07, 6.45) is 0.132. The van der Waals surface area contributed by atoms with Crippen LogP contribution in [0, 0.1) is 0 Å². The van der Waals surface area contributed by atoms with E-state index in [4.69, 9.17) is 13.6 Å². The number of benzene rings is 1. The standard InChI is InChI=1S/C11H15NO3P/c1-8-9(2)13-16(12(8)3)14-10-6-4-5-7-11(10)15-16/h4-9H,1-3H3/q+1. The SMILES string of the molecule is CC1O[P+]2(Oc3ccccc3O2)N(C)C1C. The Labute approximate surface area is 95.7 Å². The van der Waals surface area contributed by atoms with Crippen LogP contribution in [-0.4, -0.2) is 23.9 Å². The lowest BCUT2D eigenvalue weighted by Gasteiger charge is -2.15. The van der Waals surface area contributed by atoms with Crippen molar-refractivity contribution in [3.05, 3.63) is 24.3 Å². The van der Waals surface area contributed by atoms with E-state index in [1.165, 1.54) is 0 Å². The molecule has 0 saturated carbocycles. The maximum absolute atomic E-state index is 5.91. The molecule has 0 radical (unpaired) electrons. The third-order valence-corrected chi connectivity index (χ3v) is 5.82. The quantitative estimate of drug-likeness (QED) is 0.652. The van der Waals surface area contributed by atoms with Crippen molar-refractivity contribution in [2.75, 3.05) is 7.05 Å². The molecule has 0 N–H and O–H groups in total. The van der Waals surface area contributed by atoms with E-state index in [9.17, 15) is 0 Å². The second-order valence-corrected chi connectivity index (χ2v) is 6.37. The van der Waals surface area contributed by atoms with Crippen molar-refractivity contribution in [3.8, 4) is 11.5 Å². The molecule has 2 atom stereocenters. The Bertz CT molecular complexity index is 400. The van der Waals surface area contributed by atoms with Crippen LogP contribution in [0.3, 0.4) is 0 Å². The van der Waals surface area contributed by atoms with Crippen molar-refractivity contribution in [1.29, 1.82) is 0 Å².